The number of hydrogen-bond donors (Lipinski definition) is 1. The molecule has 1 aliphatic rings. The number of hydrogen-bond acceptors (Lipinski definition) is 1. The third-order valence-electron chi connectivity index (χ3n) is 2.46. The van der Waals surface area contributed by atoms with Crippen molar-refractivity contribution in [2.45, 2.75) is 39.2 Å². The molecular formula is C8H17N. The van der Waals surface area contributed by atoms with Crippen molar-refractivity contribution in [1.82, 2.24) is 0 Å². The Hall–Kier alpha value is -0.0400. The van der Waals surface area contributed by atoms with E-state index in [4.69, 9.17) is 5.73 Å². The second-order valence-corrected chi connectivity index (χ2v) is 3.51. The van der Waals surface area contributed by atoms with Crippen molar-refractivity contribution in [2.75, 3.05) is 0 Å². The van der Waals surface area contributed by atoms with Gasteiger partial charge in [-0.1, -0.05) is 20.3 Å². The van der Waals surface area contributed by atoms with Gasteiger partial charge in [-0.25, -0.2) is 0 Å². The third-order valence-corrected chi connectivity index (χ3v) is 2.46. The second-order valence-electron chi connectivity index (χ2n) is 3.51. The Kier molecular flexibility index (Phi) is 2.12. The van der Waals surface area contributed by atoms with Crippen LogP contribution in [0.2, 0.25) is 0 Å². The number of rotatable bonds is 2. The first-order valence-corrected chi connectivity index (χ1v) is 3.97. The highest BCUT2D eigenvalue weighted by Crippen LogP contribution is 2.31. The van der Waals surface area contributed by atoms with Crippen LogP contribution >= 0.6 is 0 Å². The van der Waals surface area contributed by atoms with E-state index in [2.05, 4.69) is 13.8 Å². The van der Waals surface area contributed by atoms with Gasteiger partial charge in [0.1, 0.15) is 0 Å². The highest BCUT2D eigenvalue weighted by Gasteiger charge is 2.25. The Labute approximate surface area is 57.6 Å². The van der Waals surface area contributed by atoms with Gasteiger partial charge in [0.25, 0.3) is 0 Å². The topological polar surface area (TPSA) is 26.0 Å². The summed E-state index contributed by atoms with van der Waals surface area (Å²) >= 11 is 0. The maximum Gasteiger partial charge on any atom is 0.00903 e. The molecule has 0 spiro atoms. The summed E-state index contributed by atoms with van der Waals surface area (Å²) in [5.74, 6) is 1.53. The Balaban J connectivity index is 2.23. The summed E-state index contributed by atoms with van der Waals surface area (Å²) in [5, 5.41) is 0. The Bertz CT molecular complexity index is 84.6. The Morgan fingerprint density at radius 3 is 2.00 bits per heavy atom. The molecule has 0 aliphatic heterocycles. The van der Waals surface area contributed by atoms with Gasteiger partial charge in [-0.3, -0.25) is 0 Å². The predicted octanol–water partition coefficient (Wildman–Crippen LogP) is 1.77. The zero-order valence-corrected chi connectivity index (χ0v) is 6.43. The molecule has 0 bridgehead atoms. The minimum Gasteiger partial charge on any atom is -0.327 e. The van der Waals surface area contributed by atoms with Crippen molar-refractivity contribution in [3.05, 3.63) is 0 Å². The summed E-state index contributed by atoms with van der Waals surface area (Å²) in [5.41, 5.74) is 5.92. The van der Waals surface area contributed by atoms with Crippen LogP contribution < -0.4 is 5.73 Å². The van der Waals surface area contributed by atoms with Gasteiger partial charge in [-0.2, -0.15) is 0 Å². The molecule has 2 N–H and O–H groups in total. The minimum absolute atomic E-state index is 0.471. The van der Waals surface area contributed by atoms with E-state index in [0.29, 0.717) is 12.0 Å². The first-order chi connectivity index (χ1) is 4.22. The lowest BCUT2D eigenvalue weighted by molar-refractivity contribution is 0.223. The van der Waals surface area contributed by atoms with E-state index < -0.39 is 0 Å². The van der Waals surface area contributed by atoms with E-state index in [1.807, 2.05) is 0 Å². The zero-order chi connectivity index (χ0) is 6.85. The molecule has 54 valence electrons. The van der Waals surface area contributed by atoms with Gasteiger partial charge in [-0.05, 0) is 24.7 Å². The van der Waals surface area contributed by atoms with E-state index in [-0.39, 0.29) is 0 Å². The van der Waals surface area contributed by atoms with Crippen molar-refractivity contribution >= 4 is 0 Å². The summed E-state index contributed by atoms with van der Waals surface area (Å²) in [6.07, 6.45) is 4.16. The van der Waals surface area contributed by atoms with Crippen LogP contribution in [0.4, 0.5) is 0 Å². The molecule has 0 aromatic rings. The lowest BCUT2D eigenvalue weighted by Gasteiger charge is -2.33. The maximum absolute atomic E-state index is 5.92. The van der Waals surface area contributed by atoms with Crippen molar-refractivity contribution in [3.8, 4) is 0 Å². The average molecular weight is 127 g/mol. The molecule has 1 unspecified atom stereocenters. The van der Waals surface area contributed by atoms with E-state index >= 15 is 0 Å². The highest BCUT2D eigenvalue weighted by molar-refractivity contribution is 4.81. The van der Waals surface area contributed by atoms with Gasteiger partial charge in [-0.15, -0.1) is 0 Å². The first kappa shape index (κ1) is 7.07. The van der Waals surface area contributed by atoms with Crippen LogP contribution in [-0.4, -0.2) is 6.04 Å². The monoisotopic (exact) mass is 127 g/mol. The average Bonchev–Trinajstić information content (AvgIpc) is 1.60. The normalized spacial score (nSPS) is 24.0. The fourth-order valence-electron chi connectivity index (χ4n) is 1.37. The molecule has 0 aromatic heterocycles. The van der Waals surface area contributed by atoms with Crippen molar-refractivity contribution in [1.29, 1.82) is 0 Å². The smallest absolute Gasteiger partial charge is 0.00903 e. The molecule has 0 heterocycles. The fourth-order valence-corrected chi connectivity index (χ4v) is 1.37. The van der Waals surface area contributed by atoms with Gasteiger partial charge >= 0.3 is 0 Å². The van der Waals surface area contributed by atoms with E-state index in [1.165, 1.54) is 19.3 Å². The predicted molar refractivity (Wildman–Crippen MR) is 40.2 cm³/mol. The molecule has 1 aliphatic carbocycles. The number of nitrogens with two attached hydrogens (primary N) is 1. The lowest BCUT2D eigenvalue weighted by Crippen LogP contribution is -2.38. The fraction of sp³-hybridized carbons (Fsp3) is 1.00. The van der Waals surface area contributed by atoms with Gasteiger partial charge in [0, 0.05) is 6.04 Å². The minimum atomic E-state index is 0.471. The second kappa shape index (κ2) is 2.70. The van der Waals surface area contributed by atoms with Gasteiger partial charge in [0.05, 0.1) is 0 Å². The molecule has 9 heavy (non-hydrogen) atoms. The quantitative estimate of drug-likeness (QED) is 0.601. The molecule has 1 nitrogen and oxygen atoms in total. The third kappa shape index (κ3) is 1.45. The zero-order valence-electron chi connectivity index (χ0n) is 6.43. The largest absolute Gasteiger partial charge is 0.327 e. The molecule has 0 amide bonds. The maximum atomic E-state index is 5.92. The summed E-state index contributed by atoms with van der Waals surface area (Å²) < 4.78 is 0. The molecule has 1 heteroatoms. The summed E-state index contributed by atoms with van der Waals surface area (Å²) in [7, 11) is 0. The lowest BCUT2D eigenvalue weighted by atomic mass is 9.76. The molecule has 0 saturated heterocycles. The summed E-state index contributed by atoms with van der Waals surface area (Å²) in [6, 6.07) is 0.471. The van der Waals surface area contributed by atoms with Crippen LogP contribution in [0.5, 0.6) is 0 Å². The van der Waals surface area contributed by atoms with E-state index in [9.17, 15) is 0 Å². The Morgan fingerprint density at radius 1 is 1.33 bits per heavy atom. The standard InChI is InChI=1S/C8H17N/c1-6(2)8(9)7-4-3-5-7/h6-8H,3-5,9H2,1-2H3. The highest BCUT2D eigenvalue weighted by atomic mass is 14.7. The molecular weight excluding hydrogens is 110 g/mol. The van der Waals surface area contributed by atoms with Crippen LogP contribution in [0, 0.1) is 11.8 Å². The molecule has 1 rings (SSSR count). The van der Waals surface area contributed by atoms with Gasteiger partial charge < -0.3 is 5.73 Å². The molecule has 1 atom stereocenters. The van der Waals surface area contributed by atoms with Crippen molar-refractivity contribution < 1.29 is 0 Å². The first-order valence-electron chi connectivity index (χ1n) is 3.97. The molecule has 1 fully saturated rings. The van der Waals surface area contributed by atoms with Gasteiger partial charge in [0.15, 0.2) is 0 Å². The summed E-state index contributed by atoms with van der Waals surface area (Å²) in [6.45, 7) is 4.42. The van der Waals surface area contributed by atoms with E-state index in [0.717, 1.165) is 5.92 Å². The van der Waals surface area contributed by atoms with Crippen LogP contribution in [0.15, 0.2) is 0 Å². The van der Waals surface area contributed by atoms with Crippen molar-refractivity contribution in [2.24, 2.45) is 17.6 Å². The van der Waals surface area contributed by atoms with Crippen LogP contribution in [0.1, 0.15) is 33.1 Å². The van der Waals surface area contributed by atoms with Crippen LogP contribution in [0.3, 0.4) is 0 Å². The van der Waals surface area contributed by atoms with Gasteiger partial charge in [0.2, 0.25) is 0 Å². The molecule has 1 saturated carbocycles. The molecule has 0 aromatic carbocycles. The Morgan fingerprint density at radius 2 is 1.89 bits per heavy atom. The summed E-state index contributed by atoms with van der Waals surface area (Å²) in [4.78, 5) is 0. The van der Waals surface area contributed by atoms with Crippen LogP contribution in [-0.2, 0) is 0 Å². The van der Waals surface area contributed by atoms with Crippen LogP contribution in [0.25, 0.3) is 0 Å². The van der Waals surface area contributed by atoms with E-state index in [1.54, 1.807) is 0 Å². The SMILES string of the molecule is CC(C)C(N)C1CCC1. The molecule has 0 radical (unpaired) electrons. The van der Waals surface area contributed by atoms with Crippen molar-refractivity contribution in [3.63, 3.8) is 0 Å².